The summed E-state index contributed by atoms with van der Waals surface area (Å²) in [6, 6.07) is -0.690. The molecular weight excluding hydrogens is 82.0 g/mol. The van der Waals surface area contributed by atoms with Crippen molar-refractivity contribution in [2.75, 3.05) is 0 Å². The van der Waals surface area contributed by atoms with E-state index in [1.54, 1.807) is 0 Å². The lowest BCUT2D eigenvalue weighted by Crippen LogP contribution is -1.70. The second kappa shape index (κ2) is 0.965. The van der Waals surface area contributed by atoms with E-state index in [4.69, 9.17) is 1.37 Å². The molecule has 2 amide bonds. The summed E-state index contributed by atoms with van der Waals surface area (Å²) in [5.74, 6) is 0. The summed E-state index contributed by atoms with van der Waals surface area (Å²) >= 11 is 0. The minimum absolute atomic E-state index is 0.315. The Morgan fingerprint density at radius 3 is 3.00 bits per heavy atom. The van der Waals surface area contributed by atoms with Gasteiger partial charge < -0.3 is 0 Å². The van der Waals surface area contributed by atoms with Crippen molar-refractivity contribution in [1.29, 1.82) is 0 Å². The van der Waals surface area contributed by atoms with Gasteiger partial charge in [-0.2, -0.15) is 4.99 Å². The average molecular weight is 84.1 g/mol. The maximum absolute atomic E-state index is 9.89. The van der Waals surface area contributed by atoms with Crippen LogP contribution in [0.25, 0.3) is 0 Å². The van der Waals surface area contributed by atoms with Gasteiger partial charge in [-0.25, -0.2) is 4.79 Å². The highest BCUT2D eigenvalue weighted by molar-refractivity contribution is 5.87. The summed E-state index contributed by atoms with van der Waals surface area (Å²) in [6.07, 6.45) is -0.315. The normalized spacial score (nSPS) is 21.0. The van der Waals surface area contributed by atoms with E-state index in [-0.39, 0.29) is 6.31 Å². The first-order valence-corrected chi connectivity index (χ1v) is 1.30. The van der Waals surface area contributed by atoms with E-state index in [2.05, 4.69) is 15.2 Å². The van der Waals surface area contributed by atoms with Crippen LogP contribution in [0, 0.1) is 0 Å². The lowest BCUT2D eigenvalue weighted by atomic mass is 11.1. The van der Waals surface area contributed by atoms with Gasteiger partial charge in [-0.15, -0.1) is 5.11 Å². The van der Waals surface area contributed by atoms with Gasteiger partial charge in [0.1, 0.15) is 7.69 Å². The van der Waals surface area contributed by atoms with Gasteiger partial charge in [-0.3, -0.25) is 0 Å². The number of urea groups is 1. The molecule has 0 aromatic rings. The molecule has 0 aliphatic carbocycles. The first-order valence-electron chi connectivity index (χ1n) is 1.80. The highest BCUT2D eigenvalue weighted by Gasteiger charge is 1.93. The van der Waals surface area contributed by atoms with Crippen LogP contribution in [0.4, 0.5) is 4.79 Å². The topological polar surface area (TPSA) is 54.1 Å². The van der Waals surface area contributed by atoms with E-state index >= 15 is 0 Å². The third-order valence-electron chi connectivity index (χ3n) is 0.326. The second-order valence-corrected chi connectivity index (χ2v) is 0.694. The molecule has 6 heavy (non-hydrogen) atoms. The molecular formula is C2HN3O. The molecule has 0 saturated carbocycles. The van der Waals surface area contributed by atoms with E-state index in [1.165, 1.54) is 0 Å². The lowest BCUT2D eigenvalue weighted by molar-refractivity contribution is 0.257. The van der Waals surface area contributed by atoms with E-state index in [1.807, 2.05) is 0 Å². The molecule has 0 aromatic carbocycles. The fourth-order valence-corrected chi connectivity index (χ4v) is 0.153. The van der Waals surface area contributed by atoms with Gasteiger partial charge in [0.05, 0.1) is 0 Å². The number of aliphatic imine (C=N–C) groups is 1. The Morgan fingerprint density at radius 2 is 2.83 bits per heavy atom. The molecule has 0 unspecified atom stereocenters. The summed E-state index contributed by atoms with van der Waals surface area (Å²) in [5, 5.41) is 5.92. The van der Waals surface area contributed by atoms with Gasteiger partial charge in [0.2, 0.25) is 0 Å². The Morgan fingerprint density at radius 1 is 2.00 bits per heavy atom. The maximum atomic E-state index is 9.89. The van der Waals surface area contributed by atoms with Crippen LogP contribution in [0.15, 0.2) is 15.2 Å². The standard InChI is InChI=1S/C2HN3O/c6-2-3-1-4-5-2/h1H/i1D. The minimum Gasteiger partial charge on any atom is -0.242 e. The van der Waals surface area contributed by atoms with E-state index in [0.717, 1.165) is 0 Å². The number of carbonyl (C=O) groups excluding carboxylic acids is 1. The molecule has 0 fully saturated rings. The van der Waals surface area contributed by atoms with Crippen molar-refractivity contribution in [1.82, 2.24) is 0 Å². The first kappa shape index (κ1) is 2.17. The van der Waals surface area contributed by atoms with Crippen LogP contribution in [-0.4, -0.2) is 12.3 Å². The molecule has 1 rings (SSSR count). The Kier molecular flexibility index (Phi) is 0.350. The van der Waals surface area contributed by atoms with Crippen LogP contribution in [0.5, 0.6) is 0 Å². The summed E-state index contributed by atoms with van der Waals surface area (Å²) in [4.78, 5) is 12.9. The summed E-state index contributed by atoms with van der Waals surface area (Å²) in [6.45, 7) is 0. The Hall–Kier alpha value is -1.06. The number of hydrogen-bond acceptors (Lipinski definition) is 2. The predicted molar refractivity (Wildman–Crippen MR) is 18.7 cm³/mol. The third kappa shape index (κ3) is 0.314. The SMILES string of the molecule is [2H]C1=NC(=O)N=N1. The molecule has 1 aliphatic heterocycles. The number of rotatable bonds is 0. The number of amidine groups is 1. The van der Waals surface area contributed by atoms with Gasteiger partial charge in [-0.05, 0) is 0 Å². The monoisotopic (exact) mass is 84.0 g/mol. The van der Waals surface area contributed by atoms with Crippen LogP contribution < -0.4 is 0 Å². The quantitative estimate of drug-likeness (QED) is 0.424. The molecule has 0 atom stereocenters. The molecule has 0 spiro atoms. The number of hydrogen-bond donors (Lipinski definition) is 0. The largest absolute Gasteiger partial charge is 0.387 e. The van der Waals surface area contributed by atoms with Gasteiger partial charge in [0.25, 0.3) is 0 Å². The molecule has 4 heteroatoms. The number of nitrogens with zero attached hydrogens (tertiary/aromatic N) is 3. The van der Waals surface area contributed by atoms with Crippen molar-refractivity contribution < 1.29 is 6.17 Å². The first-order chi connectivity index (χ1) is 3.29. The predicted octanol–water partition coefficient (Wildman–Crippen LogP) is 0.601. The number of azo groups is 1. The van der Waals surface area contributed by atoms with Crippen molar-refractivity contribution in [3.05, 3.63) is 0 Å². The highest BCUT2D eigenvalue weighted by Crippen LogP contribution is 1.87. The van der Waals surface area contributed by atoms with Crippen molar-refractivity contribution in [2.24, 2.45) is 15.2 Å². The molecule has 1 heterocycles. The van der Waals surface area contributed by atoms with Crippen molar-refractivity contribution >= 4 is 12.3 Å². The Balaban J connectivity index is 2.88. The molecule has 0 aromatic heterocycles. The van der Waals surface area contributed by atoms with Crippen LogP contribution in [0.2, 0.25) is 0 Å². The maximum Gasteiger partial charge on any atom is 0.387 e. The number of carbonyl (C=O) groups is 1. The fourth-order valence-electron chi connectivity index (χ4n) is 0.153. The van der Waals surface area contributed by atoms with Gasteiger partial charge in [-0.1, -0.05) is 5.11 Å². The van der Waals surface area contributed by atoms with Crippen LogP contribution in [-0.2, 0) is 0 Å². The van der Waals surface area contributed by atoms with Crippen molar-refractivity contribution in [2.45, 2.75) is 0 Å². The number of amides is 2. The summed E-state index contributed by atoms with van der Waals surface area (Å²) in [5.41, 5.74) is 0. The van der Waals surface area contributed by atoms with Crippen LogP contribution in [0.3, 0.4) is 0 Å². The highest BCUT2D eigenvalue weighted by atomic mass is 16.2. The minimum atomic E-state index is -0.690. The summed E-state index contributed by atoms with van der Waals surface area (Å²) < 4.78 is 6.53. The summed E-state index contributed by atoms with van der Waals surface area (Å²) in [7, 11) is 0. The lowest BCUT2D eigenvalue weighted by Gasteiger charge is -1.58. The van der Waals surface area contributed by atoms with Gasteiger partial charge in [0.15, 0.2) is 0 Å². The molecule has 0 radical (unpaired) electrons. The fraction of sp³-hybridized carbons (Fsp3) is 0. The van der Waals surface area contributed by atoms with Gasteiger partial charge in [0, 0.05) is 0 Å². The molecule has 30 valence electrons. The molecule has 0 N–H and O–H groups in total. The Labute approximate surface area is 35.0 Å². The van der Waals surface area contributed by atoms with Crippen molar-refractivity contribution in [3.63, 3.8) is 0 Å². The molecule has 4 nitrogen and oxygen atoms in total. The smallest absolute Gasteiger partial charge is 0.242 e. The van der Waals surface area contributed by atoms with E-state index in [9.17, 15) is 4.79 Å². The molecule has 0 saturated heterocycles. The van der Waals surface area contributed by atoms with E-state index < -0.39 is 6.03 Å². The zero-order chi connectivity index (χ0) is 5.28. The zero-order valence-corrected chi connectivity index (χ0v) is 2.75. The molecule has 1 aliphatic rings. The van der Waals surface area contributed by atoms with E-state index in [0.29, 0.717) is 0 Å². The second-order valence-electron chi connectivity index (χ2n) is 0.694. The zero-order valence-electron chi connectivity index (χ0n) is 3.75. The van der Waals surface area contributed by atoms with Crippen LogP contribution >= 0.6 is 0 Å². The van der Waals surface area contributed by atoms with Crippen LogP contribution in [0.1, 0.15) is 1.37 Å². The van der Waals surface area contributed by atoms with Gasteiger partial charge >= 0.3 is 6.03 Å². The third-order valence-corrected chi connectivity index (χ3v) is 0.326. The van der Waals surface area contributed by atoms with Crippen molar-refractivity contribution in [3.8, 4) is 0 Å². The Bertz CT molecular complexity index is 160. The average Bonchev–Trinajstić information content (AvgIpc) is 1.87. The molecule has 0 bridgehead atoms.